The summed E-state index contributed by atoms with van der Waals surface area (Å²) in [6.07, 6.45) is 5.93. The van der Waals surface area contributed by atoms with Gasteiger partial charge in [-0.25, -0.2) is 0 Å². The van der Waals surface area contributed by atoms with Crippen LogP contribution in [0.3, 0.4) is 0 Å². The van der Waals surface area contributed by atoms with Gasteiger partial charge >= 0.3 is 0 Å². The first-order valence-electron chi connectivity index (χ1n) is 7.12. The van der Waals surface area contributed by atoms with Crippen molar-refractivity contribution in [3.05, 3.63) is 76.9 Å². The van der Waals surface area contributed by atoms with E-state index in [0.29, 0.717) is 0 Å². The summed E-state index contributed by atoms with van der Waals surface area (Å²) >= 11 is 0. The van der Waals surface area contributed by atoms with Crippen molar-refractivity contribution in [2.24, 2.45) is 5.41 Å². The van der Waals surface area contributed by atoms with Gasteiger partial charge in [0, 0.05) is 5.41 Å². The van der Waals surface area contributed by atoms with E-state index in [9.17, 15) is 0 Å². The Morgan fingerprint density at radius 3 is 2.05 bits per heavy atom. The summed E-state index contributed by atoms with van der Waals surface area (Å²) in [6, 6.07) is 17.8. The largest absolute Gasteiger partial charge is 0.0757 e. The maximum atomic E-state index is 2.45. The SMILES string of the molecule is CC1(C2=CCc3ccccc32)Cc2ccccc2C1. The van der Waals surface area contributed by atoms with Gasteiger partial charge in [-0.1, -0.05) is 61.5 Å². The number of hydrogen-bond donors (Lipinski definition) is 0. The minimum atomic E-state index is 0.288. The summed E-state index contributed by atoms with van der Waals surface area (Å²) in [7, 11) is 0. The fourth-order valence-electron chi connectivity index (χ4n) is 3.85. The molecule has 0 fully saturated rings. The summed E-state index contributed by atoms with van der Waals surface area (Å²) in [5.74, 6) is 0. The van der Waals surface area contributed by atoms with Gasteiger partial charge in [-0.05, 0) is 47.1 Å². The van der Waals surface area contributed by atoms with Crippen LogP contribution < -0.4 is 0 Å². The van der Waals surface area contributed by atoms with E-state index in [-0.39, 0.29) is 5.41 Å². The summed E-state index contributed by atoms with van der Waals surface area (Å²) < 4.78 is 0. The highest BCUT2D eigenvalue weighted by molar-refractivity contribution is 5.78. The van der Waals surface area contributed by atoms with Gasteiger partial charge in [0.05, 0.1) is 0 Å². The molecule has 0 amide bonds. The zero-order chi connectivity index (χ0) is 12.9. The molecule has 0 heterocycles. The van der Waals surface area contributed by atoms with Gasteiger partial charge in [0.25, 0.3) is 0 Å². The molecule has 94 valence electrons. The molecule has 0 bridgehead atoms. The lowest BCUT2D eigenvalue weighted by atomic mass is 9.77. The van der Waals surface area contributed by atoms with E-state index in [1.54, 1.807) is 5.57 Å². The van der Waals surface area contributed by atoms with Crippen LogP contribution >= 0.6 is 0 Å². The summed E-state index contributed by atoms with van der Waals surface area (Å²) in [6.45, 7) is 2.43. The van der Waals surface area contributed by atoms with Crippen molar-refractivity contribution in [2.45, 2.75) is 26.2 Å². The molecule has 0 nitrogen and oxygen atoms in total. The molecule has 0 aliphatic heterocycles. The van der Waals surface area contributed by atoms with Gasteiger partial charge in [-0.2, -0.15) is 0 Å². The molecule has 0 saturated heterocycles. The first-order valence-corrected chi connectivity index (χ1v) is 7.12. The average molecular weight is 246 g/mol. The Labute approximate surface area is 114 Å². The fourth-order valence-corrected chi connectivity index (χ4v) is 3.85. The van der Waals surface area contributed by atoms with Gasteiger partial charge in [-0.3, -0.25) is 0 Å². The first-order chi connectivity index (χ1) is 9.26. The number of benzene rings is 2. The number of hydrogen-bond acceptors (Lipinski definition) is 0. The Kier molecular flexibility index (Phi) is 2.23. The van der Waals surface area contributed by atoms with Crippen LogP contribution in [0, 0.1) is 5.41 Å². The van der Waals surface area contributed by atoms with E-state index in [2.05, 4.69) is 61.5 Å². The number of rotatable bonds is 1. The van der Waals surface area contributed by atoms with Gasteiger partial charge in [0.1, 0.15) is 0 Å². The molecule has 2 aromatic rings. The van der Waals surface area contributed by atoms with Gasteiger partial charge in [-0.15, -0.1) is 0 Å². The zero-order valence-electron chi connectivity index (χ0n) is 11.3. The van der Waals surface area contributed by atoms with Crippen molar-refractivity contribution in [1.82, 2.24) is 0 Å². The molecule has 0 spiro atoms. The third-order valence-electron chi connectivity index (χ3n) is 4.76. The molecule has 0 unspecified atom stereocenters. The molecule has 0 radical (unpaired) electrons. The van der Waals surface area contributed by atoms with Crippen LogP contribution in [0.25, 0.3) is 5.57 Å². The standard InChI is InChI=1S/C19H18/c1-19(12-15-7-2-3-8-16(15)13-19)18-11-10-14-6-4-5-9-17(14)18/h2-9,11H,10,12-13H2,1H3. The van der Waals surface area contributed by atoms with Crippen LogP contribution in [0.4, 0.5) is 0 Å². The molecule has 2 aliphatic rings. The second-order valence-electron chi connectivity index (χ2n) is 6.16. The Hall–Kier alpha value is -1.82. The van der Waals surface area contributed by atoms with Gasteiger partial charge < -0.3 is 0 Å². The Morgan fingerprint density at radius 2 is 1.37 bits per heavy atom. The summed E-state index contributed by atoms with van der Waals surface area (Å²) in [5.41, 5.74) is 7.91. The summed E-state index contributed by atoms with van der Waals surface area (Å²) in [5, 5.41) is 0. The molecule has 0 N–H and O–H groups in total. The van der Waals surface area contributed by atoms with E-state index >= 15 is 0 Å². The third kappa shape index (κ3) is 1.59. The first kappa shape index (κ1) is 11.0. The van der Waals surface area contributed by atoms with Crippen molar-refractivity contribution < 1.29 is 0 Å². The number of fused-ring (bicyclic) bond motifs is 2. The lowest BCUT2D eigenvalue weighted by Crippen LogP contribution is -2.18. The molecular weight excluding hydrogens is 228 g/mol. The second kappa shape index (κ2) is 3.84. The minimum Gasteiger partial charge on any atom is -0.0757 e. The lowest BCUT2D eigenvalue weighted by Gasteiger charge is -2.26. The van der Waals surface area contributed by atoms with Gasteiger partial charge in [0.2, 0.25) is 0 Å². The van der Waals surface area contributed by atoms with Crippen molar-refractivity contribution in [3.63, 3.8) is 0 Å². The van der Waals surface area contributed by atoms with E-state index in [1.165, 1.54) is 35.1 Å². The van der Waals surface area contributed by atoms with Crippen LogP contribution in [0.1, 0.15) is 29.2 Å². The molecule has 0 saturated carbocycles. The van der Waals surface area contributed by atoms with Crippen molar-refractivity contribution >= 4 is 5.57 Å². The van der Waals surface area contributed by atoms with E-state index in [1.807, 2.05) is 0 Å². The average Bonchev–Trinajstić information content (AvgIpc) is 2.98. The Morgan fingerprint density at radius 1 is 0.789 bits per heavy atom. The van der Waals surface area contributed by atoms with Crippen LogP contribution in [0.2, 0.25) is 0 Å². The highest BCUT2D eigenvalue weighted by Gasteiger charge is 2.38. The monoisotopic (exact) mass is 246 g/mol. The van der Waals surface area contributed by atoms with Crippen LogP contribution in [0.5, 0.6) is 0 Å². The molecule has 4 rings (SSSR count). The second-order valence-corrected chi connectivity index (χ2v) is 6.16. The normalized spacial score (nSPS) is 18.9. The maximum Gasteiger partial charge on any atom is 0.000857 e. The predicted octanol–water partition coefficient (Wildman–Crippen LogP) is 4.43. The molecule has 19 heavy (non-hydrogen) atoms. The van der Waals surface area contributed by atoms with E-state index < -0.39 is 0 Å². The smallest absolute Gasteiger partial charge is 0.000857 e. The fraction of sp³-hybridized carbons (Fsp3) is 0.263. The highest BCUT2D eigenvalue weighted by Crippen LogP contribution is 2.48. The Bertz CT molecular complexity index is 651. The maximum absolute atomic E-state index is 2.45. The third-order valence-corrected chi connectivity index (χ3v) is 4.76. The van der Waals surface area contributed by atoms with Crippen molar-refractivity contribution in [1.29, 1.82) is 0 Å². The lowest BCUT2D eigenvalue weighted by molar-refractivity contribution is 0.479. The predicted molar refractivity (Wildman–Crippen MR) is 80.1 cm³/mol. The van der Waals surface area contributed by atoms with Crippen LogP contribution in [-0.2, 0) is 19.3 Å². The van der Waals surface area contributed by atoms with Crippen molar-refractivity contribution in [3.8, 4) is 0 Å². The highest BCUT2D eigenvalue weighted by atomic mass is 14.4. The van der Waals surface area contributed by atoms with Crippen LogP contribution in [-0.4, -0.2) is 0 Å². The van der Waals surface area contributed by atoms with Crippen LogP contribution in [0.15, 0.2) is 54.6 Å². The molecule has 0 atom stereocenters. The molecule has 0 aromatic heterocycles. The zero-order valence-corrected chi connectivity index (χ0v) is 11.3. The summed E-state index contributed by atoms with van der Waals surface area (Å²) in [4.78, 5) is 0. The minimum absolute atomic E-state index is 0.288. The van der Waals surface area contributed by atoms with E-state index in [4.69, 9.17) is 0 Å². The molecular formula is C19H18. The molecule has 2 aliphatic carbocycles. The molecule has 0 heteroatoms. The topological polar surface area (TPSA) is 0 Å². The Balaban J connectivity index is 1.76. The van der Waals surface area contributed by atoms with E-state index in [0.717, 1.165) is 6.42 Å². The van der Waals surface area contributed by atoms with Crippen molar-refractivity contribution in [2.75, 3.05) is 0 Å². The molecule has 2 aromatic carbocycles. The number of allylic oxidation sites excluding steroid dienone is 2. The van der Waals surface area contributed by atoms with Gasteiger partial charge in [0.15, 0.2) is 0 Å². The quantitative estimate of drug-likeness (QED) is 0.698.